The fraction of sp³-hybridized carbons (Fsp3) is 0.125. The van der Waals surface area contributed by atoms with Crippen molar-refractivity contribution in [3.8, 4) is 5.75 Å². The van der Waals surface area contributed by atoms with E-state index in [1.807, 2.05) is 30.3 Å². The van der Waals surface area contributed by atoms with E-state index in [9.17, 15) is 4.79 Å². The lowest BCUT2D eigenvalue weighted by Gasteiger charge is -2.10. The lowest BCUT2D eigenvalue weighted by atomic mass is 10.1. The van der Waals surface area contributed by atoms with Crippen LogP contribution in [0.5, 0.6) is 5.75 Å². The summed E-state index contributed by atoms with van der Waals surface area (Å²) in [7, 11) is 1.34. The third kappa shape index (κ3) is 3.58. The molecule has 1 aliphatic rings. The summed E-state index contributed by atoms with van der Waals surface area (Å²) in [5.41, 5.74) is 10.2. The molecule has 3 rings (SSSR count). The van der Waals surface area contributed by atoms with Gasteiger partial charge < -0.3 is 9.47 Å². The van der Waals surface area contributed by atoms with E-state index >= 15 is 0 Å². The molecule has 2 aromatic carbocycles. The molecule has 0 aliphatic carbocycles. The minimum absolute atomic E-state index is 0.393. The van der Waals surface area contributed by atoms with Crippen molar-refractivity contribution in [1.82, 2.24) is 16.5 Å². The summed E-state index contributed by atoms with van der Waals surface area (Å²) in [6, 6.07) is 14.9. The molecule has 0 saturated carbocycles. The van der Waals surface area contributed by atoms with Crippen LogP contribution < -0.4 is 21.2 Å². The number of esters is 1. The van der Waals surface area contributed by atoms with Crippen LogP contribution in [0.4, 0.5) is 0 Å². The van der Waals surface area contributed by atoms with Crippen molar-refractivity contribution < 1.29 is 14.3 Å². The number of hydrogen-bond donors (Lipinski definition) is 3. The van der Waals surface area contributed by atoms with Crippen LogP contribution >= 0.6 is 0 Å². The second kappa shape index (κ2) is 6.80. The van der Waals surface area contributed by atoms with E-state index in [-0.39, 0.29) is 0 Å². The molecule has 3 N–H and O–H groups in total. The van der Waals surface area contributed by atoms with E-state index in [2.05, 4.69) is 21.6 Å². The highest BCUT2D eigenvalue weighted by Gasteiger charge is 2.15. The Morgan fingerprint density at radius 3 is 2.70 bits per heavy atom. The molecule has 7 nitrogen and oxygen atoms in total. The Labute approximate surface area is 133 Å². The number of benzene rings is 2. The number of rotatable bonds is 5. The number of carbonyl (C=O) groups excluding carboxylic acids is 1. The summed E-state index contributed by atoms with van der Waals surface area (Å²) in [4.78, 5) is 11.8. The van der Waals surface area contributed by atoms with Gasteiger partial charge in [-0.25, -0.2) is 10.3 Å². The molecule has 1 aliphatic heterocycles. The summed E-state index contributed by atoms with van der Waals surface area (Å²) >= 11 is 0. The number of nitrogens with one attached hydrogen (secondary N) is 3. The summed E-state index contributed by atoms with van der Waals surface area (Å²) in [6.07, 6.45) is 0. The third-order valence-corrected chi connectivity index (χ3v) is 3.25. The molecular weight excluding hydrogens is 296 g/mol. The molecule has 0 aromatic heterocycles. The van der Waals surface area contributed by atoms with Crippen molar-refractivity contribution in [3.05, 3.63) is 65.2 Å². The quantitative estimate of drug-likeness (QED) is 0.722. The molecule has 7 heteroatoms. The van der Waals surface area contributed by atoms with Crippen LogP contribution in [0, 0.1) is 0 Å². The Kier molecular flexibility index (Phi) is 4.39. The fourth-order valence-corrected chi connectivity index (χ4v) is 2.13. The first-order valence-corrected chi connectivity index (χ1v) is 7.00. The van der Waals surface area contributed by atoms with Crippen LogP contribution in [0.1, 0.15) is 21.5 Å². The number of nitrogens with zero attached hydrogens (tertiary/aromatic N) is 1. The average Bonchev–Trinajstić information content (AvgIpc) is 3.14. The van der Waals surface area contributed by atoms with Crippen molar-refractivity contribution in [2.24, 2.45) is 5.10 Å². The van der Waals surface area contributed by atoms with E-state index in [1.165, 1.54) is 7.11 Å². The zero-order chi connectivity index (χ0) is 16.1. The monoisotopic (exact) mass is 312 g/mol. The average molecular weight is 312 g/mol. The summed E-state index contributed by atoms with van der Waals surface area (Å²) in [6.45, 7) is 0.404. The summed E-state index contributed by atoms with van der Waals surface area (Å²) in [5.74, 6) is 0.680. The van der Waals surface area contributed by atoms with Crippen molar-refractivity contribution in [2.75, 3.05) is 7.11 Å². The summed E-state index contributed by atoms with van der Waals surface area (Å²) in [5, 5.41) is 4.03. The number of hydrazine groups is 2. The van der Waals surface area contributed by atoms with Crippen LogP contribution in [0.2, 0.25) is 0 Å². The predicted molar refractivity (Wildman–Crippen MR) is 84.5 cm³/mol. The number of methoxy groups -OCH3 is 1. The predicted octanol–water partition coefficient (Wildman–Crippen LogP) is 1.33. The van der Waals surface area contributed by atoms with Crippen LogP contribution in [-0.2, 0) is 11.3 Å². The van der Waals surface area contributed by atoms with Gasteiger partial charge in [-0.3, -0.25) is 5.43 Å². The molecule has 23 heavy (non-hydrogen) atoms. The van der Waals surface area contributed by atoms with E-state index in [4.69, 9.17) is 9.47 Å². The van der Waals surface area contributed by atoms with Crippen LogP contribution in [0.25, 0.3) is 0 Å². The SMILES string of the molecule is COC(=O)c1cc(OCc2ccccc2)cc(C2=NNNN2)c1. The number of hydrogen-bond acceptors (Lipinski definition) is 7. The Balaban J connectivity index is 1.85. The first kappa shape index (κ1) is 14.9. The molecule has 0 amide bonds. The van der Waals surface area contributed by atoms with Gasteiger partial charge in [-0.05, 0) is 23.8 Å². The highest BCUT2D eigenvalue weighted by atomic mass is 16.5. The number of amidine groups is 1. The topological polar surface area (TPSA) is 84.0 Å². The maximum Gasteiger partial charge on any atom is 0.338 e. The molecule has 0 radical (unpaired) electrons. The molecule has 0 spiro atoms. The second-order valence-corrected chi connectivity index (χ2v) is 4.83. The van der Waals surface area contributed by atoms with Gasteiger partial charge in [0.1, 0.15) is 12.4 Å². The minimum Gasteiger partial charge on any atom is -0.489 e. The van der Waals surface area contributed by atoms with Gasteiger partial charge in [0, 0.05) is 5.56 Å². The highest BCUT2D eigenvalue weighted by molar-refractivity contribution is 6.01. The maximum absolute atomic E-state index is 11.8. The fourth-order valence-electron chi connectivity index (χ4n) is 2.13. The molecule has 118 valence electrons. The molecular formula is C16H16N4O3. The van der Waals surface area contributed by atoms with Crippen LogP contribution in [-0.4, -0.2) is 18.9 Å². The smallest absolute Gasteiger partial charge is 0.338 e. The molecule has 0 unspecified atom stereocenters. The third-order valence-electron chi connectivity index (χ3n) is 3.25. The van der Waals surface area contributed by atoms with Gasteiger partial charge in [0.05, 0.1) is 12.7 Å². The minimum atomic E-state index is -0.434. The maximum atomic E-state index is 11.8. The van der Waals surface area contributed by atoms with Gasteiger partial charge in [0.15, 0.2) is 5.84 Å². The number of ether oxygens (including phenoxy) is 2. The molecule has 0 atom stereocenters. The van der Waals surface area contributed by atoms with Gasteiger partial charge >= 0.3 is 5.97 Å². The van der Waals surface area contributed by atoms with E-state index in [0.717, 1.165) is 5.56 Å². The molecule has 0 saturated heterocycles. The number of carbonyl (C=O) groups is 1. The molecule has 0 fully saturated rings. The molecule has 1 heterocycles. The largest absolute Gasteiger partial charge is 0.489 e. The Morgan fingerprint density at radius 2 is 2.00 bits per heavy atom. The van der Waals surface area contributed by atoms with Gasteiger partial charge in [0.2, 0.25) is 0 Å². The molecule has 2 aromatic rings. The zero-order valence-corrected chi connectivity index (χ0v) is 12.5. The van der Waals surface area contributed by atoms with Crippen LogP contribution in [0.3, 0.4) is 0 Å². The lowest BCUT2D eigenvalue weighted by molar-refractivity contribution is 0.0600. The van der Waals surface area contributed by atoms with Crippen molar-refractivity contribution in [2.45, 2.75) is 6.61 Å². The zero-order valence-electron chi connectivity index (χ0n) is 12.5. The summed E-state index contributed by atoms with van der Waals surface area (Å²) < 4.78 is 10.6. The van der Waals surface area contributed by atoms with E-state index in [0.29, 0.717) is 29.3 Å². The van der Waals surface area contributed by atoms with E-state index < -0.39 is 5.97 Å². The second-order valence-electron chi connectivity index (χ2n) is 4.83. The first-order chi connectivity index (χ1) is 11.3. The Morgan fingerprint density at radius 1 is 1.17 bits per heavy atom. The van der Waals surface area contributed by atoms with Crippen molar-refractivity contribution in [1.29, 1.82) is 0 Å². The Hall–Kier alpha value is -3.06. The Bertz CT molecular complexity index is 731. The molecule has 0 bridgehead atoms. The van der Waals surface area contributed by atoms with Gasteiger partial charge in [-0.2, -0.15) is 0 Å². The van der Waals surface area contributed by atoms with E-state index in [1.54, 1.807) is 18.2 Å². The normalized spacial score (nSPS) is 12.8. The van der Waals surface area contributed by atoms with Gasteiger partial charge in [-0.15, -0.1) is 10.6 Å². The van der Waals surface area contributed by atoms with Gasteiger partial charge in [-0.1, -0.05) is 30.3 Å². The highest BCUT2D eigenvalue weighted by Crippen LogP contribution is 2.20. The van der Waals surface area contributed by atoms with Gasteiger partial charge in [0.25, 0.3) is 0 Å². The van der Waals surface area contributed by atoms with Crippen molar-refractivity contribution >= 4 is 11.8 Å². The van der Waals surface area contributed by atoms with Crippen molar-refractivity contribution in [3.63, 3.8) is 0 Å². The number of hydrazone groups is 1. The lowest BCUT2D eigenvalue weighted by Crippen LogP contribution is -2.35. The van der Waals surface area contributed by atoms with Crippen LogP contribution in [0.15, 0.2) is 53.6 Å². The standard InChI is InChI=1S/C16H16N4O3/c1-22-16(21)13-7-12(15-17-19-20-18-15)8-14(9-13)23-10-11-5-3-2-4-6-11/h2-9,19-20H,10H2,1H3,(H,17,18). The first-order valence-electron chi connectivity index (χ1n) is 7.00.